The molecule has 0 aliphatic carbocycles. The number of phosphoric ester groups is 1. The number of carbonyl (C=O) groups excluding carboxylic acids is 2. The van der Waals surface area contributed by atoms with Crippen LogP contribution >= 0.6 is 7.82 Å². The van der Waals surface area contributed by atoms with E-state index in [1.54, 1.807) is 0 Å². The molecule has 9 nitrogen and oxygen atoms in total. The van der Waals surface area contributed by atoms with Gasteiger partial charge in [-0.05, 0) is 96.3 Å². The summed E-state index contributed by atoms with van der Waals surface area (Å²) in [7, 11) is 1.45. The van der Waals surface area contributed by atoms with E-state index < -0.39 is 26.5 Å². The third-order valence-corrected chi connectivity index (χ3v) is 17.1. The van der Waals surface area contributed by atoms with E-state index in [0.29, 0.717) is 17.4 Å². The molecule has 0 radical (unpaired) electrons. The van der Waals surface area contributed by atoms with Crippen molar-refractivity contribution in [3.8, 4) is 0 Å². The minimum Gasteiger partial charge on any atom is -0.462 e. The van der Waals surface area contributed by atoms with Crippen LogP contribution in [0.4, 0.5) is 0 Å². The highest BCUT2D eigenvalue weighted by atomic mass is 31.2. The highest BCUT2D eigenvalue weighted by Gasteiger charge is 2.27. The lowest BCUT2D eigenvalue weighted by molar-refractivity contribution is -0.870. The summed E-state index contributed by atoms with van der Waals surface area (Å²) < 4.78 is 34.7. The summed E-state index contributed by atoms with van der Waals surface area (Å²) in [4.78, 5) is 35.9. The molecular weight excluding hydrogens is 1110 g/mol. The van der Waals surface area contributed by atoms with Crippen molar-refractivity contribution in [1.82, 2.24) is 0 Å². The van der Waals surface area contributed by atoms with Crippen molar-refractivity contribution >= 4 is 19.8 Å². The fourth-order valence-electron chi connectivity index (χ4n) is 10.5. The fraction of sp³-hybridized carbons (Fsp3) is 0.769. The molecule has 1 N–H and O–H groups in total. The molecule has 0 aromatic rings. The maximum atomic E-state index is 12.9. The largest absolute Gasteiger partial charge is 0.472 e. The Hall–Kier alpha value is -3.07. The molecule has 0 spiro atoms. The zero-order valence-electron chi connectivity index (χ0n) is 58.2. The Bertz CT molecular complexity index is 1810. The lowest BCUT2D eigenvalue weighted by Crippen LogP contribution is -2.37. The maximum Gasteiger partial charge on any atom is 0.472 e. The number of rotatable bonds is 68. The Morgan fingerprint density at radius 2 is 0.648 bits per heavy atom. The molecule has 0 amide bonds. The van der Waals surface area contributed by atoms with E-state index in [0.717, 1.165) is 83.5 Å². The van der Waals surface area contributed by atoms with Gasteiger partial charge in [0.15, 0.2) is 6.10 Å². The number of phosphoric acid groups is 1. The smallest absolute Gasteiger partial charge is 0.462 e. The van der Waals surface area contributed by atoms with Gasteiger partial charge in [-0.25, -0.2) is 4.57 Å². The van der Waals surface area contributed by atoms with Gasteiger partial charge < -0.3 is 18.9 Å². The summed E-state index contributed by atoms with van der Waals surface area (Å²) in [5, 5.41) is 0. The average molecular weight is 1250 g/mol. The molecule has 0 aliphatic rings. The quantitative estimate of drug-likeness (QED) is 0.0211. The summed E-state index contributed by atoms with van der Waals surface area (Å²) in [5.41, 5.74) is 0. The highest BCUT2D eigenvalue weighted by Crippen LogP contribution is 2.43. The Morgan fingerprint density at radius 1 is 0.364 bits per heavy atom. The number of likely N-dealkylation sites (N-methyl/N-ethyl adjacent to an activating group) is 1. The van der Waals surface area contributed by atoms with E-state index in [2.05, 4.69) is 111 Å². The van der Waals surface area contributed by atoms with E-state index in [-0.39, 0.29) is 32.0 Å². The van der Waals surface area contributed by atoms with Crippen LogP contribution in [0.3, 0.4) is 0 Å². The average Bonchev–Trinajstić information content (AvgIpc) is 3.57. The molecule has 0 aromatic carbocycles. The van der Waals surface area contributed by atoms with Crippen molar-refractivity contribution in [2.45, 2.75) is 341 Å². The van der Waals surface area contributed by atoms with Gasteiger partial charge in [-0.3, -0.25) is 18.6 Å². The van der Waals surface area contributed by atoms with Gasteiger partial charge in [0.05, 0.1) is 27.7 Å². The molecule has 510 valence electrons. The van der Waals surface area contributed by atoms with Gasteiger partial charge in [0.2, 0.25) is 0 Å². The van der Waals surface area contributed by atoms with Crippen LogP contribution in [0.5, 0.6) is 0 Å². The molecule has 0 saturated heterocycles. The number of esters is 2. The van der Waals surface area contributed by atoms with Crippen LogP contribution in [0.15, 0.2) is 97.2 Å². The SMILES string of the molecule is CC/C=C\C/C=C\C/C=C\C/C=C\C/C=C\C/C=C\C/C=C\CCCCCC(=O)OC(COC(=O)CCCCCCCCCCCCCCCCCCCCCCCCCCCCC/C=C\CCCCCCCCCC)COP(=O)(O)OCC[N+](C)(C)C. The molecule has 0 saturated carbocycles. The van der Waals surface area contributed by atoms with Crippen LogP contribution in [-0.4, -0.2) is 74.9 Å². The predicted molar refractivity (Wildman–Crippen MR) is 381 cm³/mol. The van der Waals surface area contributed by atoms with Gasteiger partial charge in [-0.15, -0.1) is 0 Å². The van der Waals surface area contributed by atoms with Gasteiger partial charge in [0, 0.05) is 12.8 Å². The Balaban J connectivity index is 3.98. The van der Waals surface area contributed by atoms with Crippen molar-refractivity contribution < 1.29 is 42.1 Å². The topological polar surface area (TPSA) is 108 Å². The second-order valence-corrected chi connectivity index (χ2v) is 27.4. The monoisotopic (exact) mass is 1250 g/mol. The minimum absolute atomic E-state index is 0.0214. The first-order chi connectivity index (χ1) is 43.0. The Morgan fingerprint density at radius 3 is 0.989 bits per heavy atom. The highest BCUT2D eigenvalue weighted by molar-refractivity contribution is 7.47. The first-order valence-corrected chi connectivity index (χ1v) is 38.5. The van der Waals surface area contributed by atoms with Gasteiger partial charge in [0.1, 0.15) is 19.8 Å². The van der Waals surface area contributed by atoms with Gasteiger partial charge in [0.25, 0.3) is 0 Å². The van der Waals surface area contributed by atoms with E-state index >= 15 is 0 Å². The molecule has 0 heterocycles. The number of hydrogen-bond acceptors (Lipinski definition) is 7. The molecule has 0 rings (SSSR count). The number of nitrogens with zero attached hydrogens (tertiary/aromatic N) is 1. The summed E-state index contributed by atoms with van der Waals surface area (Å²) in [6, 6.07) is 0. The van der Waals surface area contributed by atoms with Crippen molar-refractivity contribution in [3.05, 3.63) is 97.2 Å². The van der Waals surface area contributed by atoms with Crippen LogP contribution in [-0.2, 0) is 32.7 Å². The van der Waals surface area contributed by atoms with Crippen LogP contribution in [0.25, 0.3) is 0 Å². The molecule has 0 aromatic heterocycles. The third kappa shape index (κ3) is 72.0. The van der Waals surface area contributed by atoms with E-state index in [1.165, 1.54) is 218 Å². The van der Waals surface area contributed by atoms with Crippen LogP contribution < -0.4 is 0 Å². The Kier molecular flexibility index (Phi) is 65.9. The predicted octanol–water partition coefficient (Wildman–Crippen LogP) is 24.3. The molecule has 2 atom stereocenters. The first-order valence-electron chi connectivity index (χ1n) is 37.0. The van der Waals surface area contributed by atoms with Crippen LogP contribution in [0, 0.1) is 0 Å². The number of carbonyl (C=O) groups is 2. The zero-order chi connectivity index (χ0) is 64.1. The van der Waals surface area contributed by atoms with Gasteiger partial charge in [-0.1, -0.05) is 323 Å². The number of quaternary nitrogens is 1. The minimum atomic E-state index is -4.41. The number of hydrogen-bond donors (Lipinski definition) is 1. The Labute approximate surface area is 544 Å². The van der Waals surface area contributed by atoms with E-state index in [4.69, 9.17) is 18.5 Å². The number of unbranched alkanes of at least 4 members (excludes halogenated alkanes) is 38. The summed E-state index contributed by atoms with van der Waals surface area (Å²) in [5.74, 6) is -0.829. The molecular formula is C78H141NO8P+. The van der Waals surface area contributed by atoms with Crippen molar-refractivity contribution in [3.63, 3.8) is 0 Å². The zero-order valence-corrected chi connectivity index (χ0v) is 59.1. The molecule has 0 bridgehead atoms. The van der Waals surface area contributed by atoms with Gasteiger partial charge in [-0.2, -0.15) is 0 Å². The number of ether oxygens (including phenoxy) is 2. The lowest BCUT2D eigenvalue weighted by atomic mass is 10.0. The third-order valence-electron chi connectivity index (χ3n) is 16.1. The lowest BCUT2D eigenvalue weighted by Gasteiger charge is -2.24. The molecule has 88 heavy (non-hydrogen) atoms. The van der Waals surface area contributed by atoms with Crippen molar-refractivity contribution in [2.75, 3.05) is 47.5 Å². The molecule has 10 heteroatoms. The summed E-state index contributed by atoms with van der Waals surface area (Å²) in [6.45, 7) is 4.31. The second-order valence-electron chi connectivity index (χ2n) is 25.9. The normalized spacial score (nSPS) is 13.7. The molecule has 0 fully saturated rings. The first kappa shape index (κ1) is 84.9. The molecule has 0 aliphatic heterocycles. The van der Waals surface area contributed by atoms with E-state index in [1.807, 2.05) is 21.1 Å². The van der Waals surface area contributed by atoms with Gasteiger partial charge >= 0.3 is 19.8 Å². The second kappa shape index (κ2) is 68.3. The molecule has 2 unspecified atom stereocenters. The van der Waals surface area contributed by atoms with Crippen LogP contribution in [0.1, 0.15) is 335 Å². The fourth-order valence-corrected chi connectivity index (χ4v) is 11.2. The van der Waals surface area contributed by atoms with Crippen molar-refractivity contribution in [1.29, 1.82) is 0 Å². The number of allylic oxidation sites excluding steroid dienone is 16. The summed E-state index contributed by atoms with van der Waals surface area (Å²) >= 11 is 0. The maximum absolute atomic E-state index is 12.9. The standard InChI is InChI=1S/C78H140NO8P/c1-6-8-10-12-14-16-18-20-22-24-26-28-30-32-33-34-35-36-37-38-39-40-41-42-43-44-45-47-48-50-52-54-56-58-60-62-64-66-68-70-77(80)84-74-76(75-86-88(82,83)85-73-72-79(3,4)5)87-78(81)71-69-67-65-63-61-59-57-55-53-51-49-46-31-29-27-25-23-21-19-17-15-13-11-9-7-2/h9,11,15,17,21,23-24,26-27,29,46,49,53,55,59,61,76H,6-8,10,12-14,16,18-20,22,25,28,30-45,47-48,50-52,54,56-58,60,62-75H2,1-5H3/p+1/b11-9-,17-15-,23-21-,26-24-,29-27-,49-46-,55-53-,61-59-. The summed E-state index contributed by atoms with van der Waals surface area (Å²) in [6.07, 6.45) is 95.5. The van der Waals surface area contributed by atoms with Crippen LogP contribution in [0.2, 0.25) is 0 Å². The van der Waals surface area contributed by atoms with Crippen molar-refractivity contribution in [2.24, 2.45) is 0 Å². The van der Waals surface area contributed by atoms with E-state index in [9.17, 15) is 19.0 Å².